The summed E-state index contributed by atoms with van der Waals surface area (Å²) in [6.45, 7) is 12.6. The van der Waals surface area contributed by atoms with Crippen LogP contribution in [0.1, 0.15) is 88.7 Å². The maximum Gasteiger partial charge on any atom is 0.573 e. The van der Waals surface area contributed by atoms with E-state index in [4.69, 9.17) is 9.47 Å². The van der Waals surface area contributed by atoms with Crippen molar-refractivity contribution in [1.82, 2.24) is 25.4 Å². The molecule has 57 heavy (non-hydrogen) atoms. The summed E-state index contributed by atoms with van der Waals surface area (Å²) in [7, 11) is 1.41. The number of carbonyl (C=O) groups is 4. The molecule has 0 spiro atoms. The van der Waals surface area contributed by atoms with E-state index < -0.39 is 65.2 Å². The Morgan fingerprint density at radius 3 is 2.07 bits per heavy atom. The Kier molecular flexibility index (Phi) is 14.6. The van der Waals surface area contributed by atoms with Gasteiger partial charge in [-0.25, -0.2) is 13.6 Å². The maximum atomic E-state index is 15.3. The number of methoxy groups -OCH3 is 1. The van der Waals surface area contributed by atoms with Crippen molar-refractivity contribution < 1.29 is 55.3 Å². The average molecular weight is 810 g/mol. The van der Waals surface area contributed by atoms with Gasteiger partial charge in [-0.05, 0) is 80.7 Å². The van der Waals surface area contributed by atoms with Crippen LogP contribution in [0.4, 0.5) is 26.7 Å². The van der Waals surface area contributed by atoms with Gasteiger partial charge >= 0.3 is 12.5 Å². The van der Waals surface area contributed by atoms with Crippen LogP contribution in [0, 0.1) is 23.5 Å². The number of nitrogens with zero attached hydrogens (tertiary/aromatic N) is 2. The Morgan fingerprint density at radius 2 is 1.49 bits per heavy atom. The average Bonchev–Trinajstić information content (AvgIpc) is 3.51. The number of hydrogen-bond acceptors (Lipinski definition) is 7. The van der Waals surface area contributed by atoms with Gasteiger partial charge < -0.3 is 39.6 Å². The fourth-order valence-corrected chi connectivity index (χ4v) is 6.74. The molecule has 1 aliphatic heterocycles. The van der Waals surface area contributed by atoms with Crippen LogP contribution in [0.25, 0.3) is 10.9 Å². The summed E-state index contributed by atoms with van der Waals surface area (Å²) in [5, 5.41) is 7.81. The number of benzene rings is 2. The lowest BCUT2D eigenvalue weighted by atomic mass is 9.88. The Bertz CT molecular complexity index is 1920. The normalized spacial score (nSPS) is 15.1. The number of amides is 4. The van der Waals surface area contributed by atoms with E-state index in [0.717, 1.165) is 12.1 Å². The Hall–Kier alpha value is -4.93. The molecule has 0 saturated carbocycles. The number of piperidine rings is 1. The zero-order valence-electron chi connectivity index (χ0n) is 33.4. The van der Waals surface area contributed by atoms with Crippen molar-refractivity contribution in [2.24, 2.45) is 11.8 Å². The van der Waals surface area contributed by atoms with Crippen molar-refractivity contribution in [3.8, 4) is 5.75 Å². The summed E-state index contributed by atoms with van der Waals surface area (Å²) < 4.78 is 86.2. The predicted molar refractivity (Wildman–Crippen MR) is 201 cm³/mol. The van der Waals surface area contributed by atoms with Gasteiger partial charge in [0.15, 0.2) is 0 Å². The van der Waals surface area contributed by atoms with Crippen molar-refractivity contribution >= 4 is 34.7 Å². The molecule has 1 aromatic heterocycles. The molecular weight excluding hydrogens is 757 g/mol. The SMILES string of the molecule is COCCn1cc(C(=O)N2CCC(c3cc(CNC(=O)C(NC(=O)C(NC(=O)OC(C)(C)C)C(C)C)C(C)C)ccc3F)CC2)c2c(OC(F)(F)F)ccc(F)c21. The lowest BCUT2D eigenvalue weighted by Gasteiger charge is -2.32. The number of aromatic nitrogens is 1. The molecule has 314 valence electrons. The summed E-state index contributed by atoms with van der Waals surface area (Å²) in [5.74, 6) is -4.68. The first-order valence-electron chi connectivity index (χ1n) is 18.8. The zero-order chi connectivity index (χ0) is 42.4. The molecule has 2 atom stereocenters. The first-order chi connectivity index (χ1) is 26.6. The van der Waals surface area contributed by atoms with Gasteiger partial charge in [-0.2, -0.15) is 0 Å². The number of nitrogens with one attached hydrogen (secondary N) is 3. The summed E-state index contributed by atoms with van der Waals surface area (Å²) in [5.41, 5.74) is -0.217. The predicted octanol–water partition coefficient (Wildman–Crippen LogP) is 6.79. The molecule has 1 fully saturated rings. The Morgan fingerprint density at radius 1 is 0.877 bits per heavy atom. The molecule has 0 bridgehead atoms. The van der Waals surface area contributed by atoms with Crippen LogP contribution in [0.5, 0.6) is 5.75 Å². The van der Waals surface area contributed by atoms with Gasteiger partial charge in [-0.3, -0.25) is 14.4 Å². The fraction of sp³-hybridized carbons (Fsp3) is 0.550. The van der Waals surface area contributed by atoms with Gasteiger partial charge in [0.2, 0.25) is 11.8 Å². The highest BCUT2D eigenvalue weighted by molar-refractivity contribution is 6.09. The summed E-state index contributed by atoms with van der Waals surface area (Å²) in [6.07, 6.45) is -3.93. The van der Waals surface area contributed by atoms with E-state index >= 15 is 8.78 Å². The third-order valence-electron chi connectivity index (χ3n) is 9.54. The number of hydrogen-bond donors (Lipinski definition) is 3. The smallest absolute Gasteiger partial charge is 0.444 e. The molecule has 17 heteroatoms. The molecule has 3 aromatic rings. The highest BCUT2D eigenvalue weighted by Gasteiger charge is 2.36. The number of likely N-dealkylation sites (tertiary alicyclic amines) is 1. The van der Waals surface area contributed by atoms with Gasteiger partial charge in [-0.1, -0.05) is 39.8 Å². The number of carbonyl (C=O) groups excluding carboxylic acids is 4. The van der Waals surface area contributed by atoms with Crippen molar-refractivity contribution in [2.45, 2.75) is 104 Å². The van der Waals surface area contributed by atoms with E-state index in [9.17, 15) is 32.3 Å². The number of ether oxygens (including phenoxy) is 3. The Balaban J connectivity index is 1.44. The van der Waals surface area contributed by atoms with Gasteiger partial charge in [0.1, 0.15) is 35.1 Å². The Labute approximate surface area is 328 Å². The quantitative estimate of drug-likeness (QED) is 0.153. The van der Waals surface area contributed by atoms with Gasteiger partial charge in [-0.15, -0.1) is 13.2 Å². The van der Waals surface area contributed by atoms with E-state index in [0.29, 0.717) is 24.0 Å². The number of alkyl halides is 3. The van der Waals surface area contributed by atoms with Crippen LogP contribution in [0.2, 0.25) is 0 Å². The van der Waals surface area contributed by atoms with Gasteiger partial charge in [0.25, 0.3) is 5.91 Å². The zero-order valence-corrected chi connectivity index (χ0v) is 33.4. The van der Waals surface area contributed by atoms with Crippen LogP contribution in [0.3, 0.4) is 0 Å². The highest BCUT2D eigenvalue weighted by atomic mass is 19.4. The largest absolute Gasteiger partial charge is 0.573 e. The van der Waals surface area contributed by atoms with Crippen LogP contribution in [-0.2, 0) is 32.2 Å². The van der Waals surface area contributed by atoms with Crippen molar-refractivity contribution in [2.75, 3.05) is 26.8 Å². The lowest BCUT2D eigenvalue weighted by molar-refractivity contribution is -0.274. The van der Waals surface area contributed by atoms with Crippen LogP contribution >= 0.6 is 0 Å². The van der Waals surface area contributed by atoms with Crippen LogP contribution in [0.15, 0.2) is 36.5 Å². The molecule has 2 aromatic carbocycles. The van der Waals surface area contributed by atoms with E-state index in [-0.39, 0.29) is 67.0 Å². The van der Waals surface area contributed by atoms with E-state index in [1.807, 2.05) is 0 Å². The second kappa shape index (κ2) is 18.6. The van der Waals surface area contributed by atoms with Crippen LogP contribution in [-0.4, -0.2) is 84.1 Å². The monoisotopic (exact) mass is 809 g/mol. The molecular formula is C40H52F5N5O7. The van der Waals surface area contributed by atoms with Gasteiger partial charge in [0.05, 0.1) is 23.1 Å². The molecule has 4 amide bonds. The molecule has 12 nitrogen and oxygen atoms in total. The van der Waals surface area contributed by atoms with Crippen molar-refractivity contribution in [1.29, 1.82) is 0 Å². The molecule has 1 saturated heterocycles. The molecule has 2 unspecified atom stereocenters. The summed E-state index contributed by atoms with van der Waals surface area (Å²) in [4.78, 5) is 54.3. The molecule has 2 heterocycles. The fourth-order valence-electron chi connectivity index (χ4n) is 6.74. The molecule has 1 aliphatic rings. The second-order valence-corrected chi connectivity index (χ2v) is 15.8. The molecule has 4 rings (SSSR count). The second-order valence-electron chi connectivity index (χ2n) is 15.8. The summed E-state index contributed by atoms with van der Waals surface area (Å²) >= 11 is 0. The topological polar surface area (TPSA) is 140 Å². The molecule has 0 radical (unpaired) electrons. The number of rotatable bonds is 14. The van der Waals surface area contributed by atoms with Crippen molar-refractivity contribution in [3.05, 3.63) is 64.9 Å². The van der Waals surface area contributed by atoms with E-state index in [2.05, 4.69) is 20.7 Å². The number of halogens is 5. The molecule has 0 aliphatic carbocycles. The highest BCUT2D eigenvalue weighted by Crippen LogP contribution is 2.38. The first-order valence-corrected chi connectivity index (χ1v) is 18.8. The van der Waals surface area contributed by atoms with Crippen LogP contribution < -0.4 is 20.7 Å². The lowest BCUT2D eigenvalue weighted by Crippen LogP contribution is -2.57. The first kappa shape index (κ1) is 44.8. The van der Waals surface area contributed by atoms with E-state index in [1.165, 1.54) is 34.9 Å². The third-order valence-corrected chi connectivity index (χ3v) is 9.54. The standard InChI is InChI=1S/C40H52F5N5O7/c1-22(2)32(47-36(52)33(23(3)4)48-38(54)57-39(5,6)7)35(51)46-20-24-9-10-28(41)26(19-24)25-13-15-49(16-14-25)37(53)27-21-50(17-18-55-8)34-29(42)11-12-30(31(27)34)56-40(43,44)45/h9-12,19,21-23,25,32-33H,13-18,20H2,1-8H3,(H,46,51)(H,47,52)(H,48,54). The maximum absolute atomic E-state index is 15.3. The minimum absolute atomic E-state index is 0.0122. The number of fused-ring (bicyclic) bond motifs is 1. The third kappa shape index (κ3) is 11.8. The minimum Gasteiger partial charge on any atom is -0.444 e. The van der Waals surface area contributed by atoms with Crippen molar-refractivity contribution in [3.63, 3.8) is 0 Å². The summed E-state index contributed by atoms with van der Waals surface area (Å²) in [6, 6.07) is 4.20. The minimum atomic E-state index is -5.09. The van der Waals surface area contributed by atoms with E-state index in [1.54, 1.807) is 54.5 Å². The van der Waals surface area contributed by atoms with Gasteiger partial charge in [0, 0.05) is 39.5 Å². The molecule has 3 N–H and O–H groups in total. The number of alkyl carbamates (subject to hydrolysis) is 1.